The molecule has 0 spiro atoms. The maximum absolute atomic E-state index is 10.3. The Balaban J connectivity index is 1.51. The second kappa shape index (κ2) is 8.03. The first kappa shape index (κ1) is 18.0. The van der Waals surface area contributed by atoms with E-state index in [1.54, 1.807) is 0 Å². The Morgan fingerprint density at radius 2 is 1.84 bits per heavy atom. The highest BCUT2D eigenvalue weighted by Gasteiger charge is 2.24. The summed E-state index contributed by atoms with van der Waals surface area (Å²) in [7, 11) is 0. The molecule has 1 aliphatic heterocycles. The molecule has 25 heavy (non-hydrogen) atoms. The number of aliphatic hydroxyl groups excluding tert-OH is 1. The van der Waals surface area contributed by atoms with Crippen molar-refractivity contribution in [2.24, 2.45) is 0 Å². The summed E-state index contributed by atoms with van der Waals surface area (Å²) in [5, 5.41) is 22.9. The molecule has 3 atom stereocenters. The van der Waals surface area contributed by atoms with Gasteiger partial charge in [0.1, 0.15) is 0 Å². The zero-order valence-electron chi connectivity index (χ0n) is 15.2. The minimum absolute atomic E-state index is 0.196. The summed E-state index contributed by atoms with van der Waals surface area (Å²) in [5.74, 6) is 0.671. The highest BCUT2D eigenvalue weighted by Crippen LogP contribution is 2.11. The van der Waals surface area contributed by atoms with Crippen molar-refractivity contribution in [3.63, 3.8) is 0 Å². The molecule has 0 bridgehead atoms. The standard InChI is InChI=1S/C18H27N5O2/c1-13-4-6-16(7-5-13)8-18-19-21-23(20-18)12-17(24)11-22-9-14(2)25-15(3)10-22/h4-7,14-15,17,24H,8-12H2,1-3H3/t14-,15+,17-/m0/s1. The van der Waals surface area contributed by atoms with Gasteiger partial charge < -0.3 is 9.84 Å². The fourth-order valence-corrected chi connectivity index (χ4v) is 3.29. The van der Waals surface area contributed by atoms with Crippen LogP contribution in [0.15, 0.2) is 24.3 Å². The Morgan fingerprint density at radius 1 is 1.16 bits per heavy atom. The Kier molecular flexibility index (Phi) is 5.78. The SMILES string of the molecule is Cc1ccc(Cc2nnn(C[C@@H](O)CN3C[C@@H](C)O[C@@H](C)C3)n2)cc1. The third-order valence-electron chi connectivity index (χ3n) is 4.32. The van der Waals surface area contributed by atoms with Crippen LogP contribution in [0.1, 0.15) is 30.8 Å². The van der Waals surface area contributed by atoms with Crippen LogP contribution in [0.2, 0.25) is 0 Å². The zero-order chi connectivity index (χ0) is 17.8. The van der Waals surface area contributed by atoms with Crippen LogP contribution in [0.25, 0.3) is 0 Å². The summed E-state index contributed by atoms with van der Waals surface area (Å²) in [6.07, 6.45) is 0.511. The molecule has 2 aromatic rings. The van der Waals surface area contributed by atoms with Crippen molar-refractivity contribution < 1.29 is 9.84 Å². The van der Waals surface area contributed by atoms with Crippen LogP contribution in [-0.4, -0.2) is 68.2 Å². The molecule has 1 aromatic carbocycles. The van der Waals surface area contributed by atoms with E-state index in [2.05, 4.69) is 65.3 Å². The van der Waals surface area contributed by atoms with Gasteiger partial charge in [-0.3, -0.25) is 4.90 Å². The largest absolute Gasteiger partial charge is 0.390 e. The number of tetrazole rings is 1. The Hall–Kier alpha value is -1.83. The molecule has 0 saturated carbocycles. The fraction of sp³-hybridized carbons (Fsp3) is 0.611. The highest BCUT2D eigenvalue weighted by molar-refractivity contribution is 5.23. The molecule has 0 amide bonds. The summed E-state index contributed by atoms with van der Waals surface area (Å²) in [4.78, 5) is 3.72. The van der Waals surface area contributed by atoms with Crippen molar-refractivity contribution in [1.29, 1.82) is 0 Å². The molecule has 0 aliphatic carbocycles. The van der Waals surface area contributed by atoms with E-state index >= 15 is 0 Å². The average molecular weight is 345 g/mol. The normalized spacial score (nSPS) is 22.9. The third kappa shape index (κ3) is 5.32. The van der Waals surface area contributed by atoms with Crippen molar-refractivity contribution >= 4 is 0 Å². The van der Waals surface area contributed by atoms with Gasteiger partial charge in [-0.2, -0.15) is 4.80 Å². The van der Waals surface area contributed by atoms with E-state index in [-0.39, 0.29) is 12.2 Å². The first-order chi connectivity index (χ1) is 12.0. The predicted octanol–water partition coefficient (Wildman–Crippen LogP) is 1.04. The molecule has 2 heterocycles. The molecular weight excluding hydrogens is 318 g/mol. The summed E-state index contributed by atoms with van der Waals surface area (Å²) in [6.45, 7) is 8.80. The Bertz CT molecular complexity index is 662. The van der Waals surface area contributed by atoms with Crippen LogP contribution in [0.3, 0.4) is 0 Å². The smallest absolute Gasteiger partial charge is 0.179 e. The van der Waals surface area contributed by atoms with Gasteiger partial charge in [0, 0.05) is 26.1 Å². The molecule has 1 fully saturated rings. The molecule has 7 nitrogen and oxygen atoms in total. The first-order valence-electron chi connectivity index (χ1n) is 8.86. The second-order valence-electron chi connectivity index (χ2n) is 7.05. The van der Waals surface area contributed by atoms with Gasteiger partial charge in [0.15, 0.2) is 5.82 Å². The third-order valence-corrected chi connectivity index (χ3v) is 4.32. The lowest BCUT2D eigenvalue weighted by molar-refractivity contribution is -0.0776. The molecule has 1 saturated heterocycles. The van der Waals surface area contributed by atoms with E-state index in [1.165, 1.54) is 10.4 Å². The van der Waals surface area contributed by atoms with Crippen molar-refractivity contribution in [3.05, 3.63) is 41.2 Å². The number of β-amino-alcohol motifs (C(OH)–C–C–N with tert-alkyl or cyclic N) is 1. The lowest BCUT2D eigenvalue weighted by Crippen LogP contribution is -2.48. The highest BCUT2D eigenvalue weighted by atomic mass is 16.5. The summed E-state index contributed by atoms with van der Waals surface area (Å²) < 4.78 is 5.72. The topological polar surface area (TPSA) is 76.3 Å². The summed E-state index contributed by atoms with van der Waals surface area (Å²) >= 11 is 0. The number of aliphatic hydroxyl groups is 1. The van der Waals surface area contributed by atoms with E-state index in [1.807, 2.05) is 0 Å². The average Bonchev–Trinajstić information content (AvgIpc) is 2.95. The maximum Gasteiger partial charge on any atom is 0.179 e. The fourth-order valence-electron chi connectivity index (χ4n) is 3.29. The van der Waals surface area contributed by atoms with Gasteiger partial charge in [-0.25, -0.2) is 0 Å². The number of rotatable bonds is 6. The molecule has 1 aliphatic rings. The van der Waals surface area contributed by atoms with Crippen LogP contribution in [0, 0.1) is 6.92 Å². The molecule has 1 N–H and O–H groups in total. The van der Waals surface area contributed by atoms with Crippen molar-refractivity contribution in [3.8, 4) is 0 Å². The predicted molar refractivity (Wildman–Crippen MR) is 94.3 cm³/mol. The number of benzene rings is 1. The molecule has 3 rings (SSSR count). The van der Waals surface area contributed by atoms with Crippen LogP contribution in [0.4, 0.5) is 0 Å². The molecular formula is C18H27N5O2. The summed E-state index contributed by atoms with van der Waals surface area (Å²) in [6, 6.07) is 8.30. The zero-order valence-corrected chi connectivity index (χ0v) is 15.2. The molecule has 1 aromatic heterocycles. The Morgan fingerprint density at radius 3 is 2.52 bits per heavy atom. The van der Waals surface area contributed by atoms with Gasteiger partial charge in [-0.15, -0.1) is 10.2 Å². The van der Waals surface area contributed by atoms with Crippen LogP contribution >= 0.6 is 0 Å². The minimum Gasteiger partial charge on any atom is -0.390 e. The number of aryl methyl sites for hydroxylation is 1. The van der Waals surface area contributed by atoms with Crippen LogP contribution in [0.5, 0.6) is 0 Å². The molecule has 0 radical (unpaired) electrons. The number of aromatic nitrogens is 4. The van der Waals surface area contributed by atoms with Gasteiger partial charge in [-0.05, 0) is 31.5 Å². The van der Waals surface area contributed by atoms with Gasteiger partial charge in [0.2, 0.25) is 0 Å². The molecule has 7 heteroatoms. The first-order valence-corrected chi connectivity index (χ1v) is 8.86. The van der Waals surface area contributed by atoms with E-state index in [4.69, 9.17) is 4.74 Å². The summed E-state index contributed by atoms with van der Waals surface area (Å²) in [5.41, 5.74) is 2.39. The van der Waals surface area contributed by atoms with E-state index in [0.29, 0.717) is 25.3 Å². The lowest BCUT2D eigenvalue weighted by Gasteiger charge is -2.36. The van der Waals surface area contributed by atoms with Gasteiger partial charge >= 0.3 is 0 Å². The quantitative estimate of drug-likeness (QED) is 0.843. The number of hydrogen-bond donors (Lipinski definition) is 1. The number of morpholine rings is 1. The van der Waals surface area contributed by atoms with E-state index < -0.39 is 6.10 Å². The van der Waals surface area contributed by atoms with Gasteiger partial charge in [-0.1, -0.05) is 29.8 Å². The number of ether oxygens (including phenoxy) is 1. The second-order valence-corrected chi connectivity index (χ2v) is 7.05. The van der Waals surface area contributed by atoms with Gasteiger partial charge in [0.05, 0.1) is 24.9 Å². The van der Waals surface area contributed by atoms with Crippen molar-refractivity contribution in [1.82, 2.24) is 25.1 Å². The molecule has 0 unspecified atom stereocenters. The number of hydrogen-bond acceptors (Lipinski definition) is 6. The monoisotopic (exact) mass is 345 g/mol. The van der Waals surface area contributed by atoms with Crippen LogP contribution in [-0.2, 0) is 17.7 Å². The number of nitrogens with zero attached hydrogens (tertiary/aromatic N) is 5. The van der Waals surface area contributed by atoms with E-state index in [9.17, 15) is 5.11 Å². The Labute approximate surface area is 148 Å². The van der Waals surface area contributed by atoms with Crippen molar-refractivity contribution in [2.45, 2.75) is 52.0 Å². The maximum atomic E-state index is 10.3. The van der Waals surface area contributed by atoms with Crippen molar-refractivity contribution in [2.75, 3.05) is 19.6 Å². The van der Waals surface area contributed by atoms with Gasteiger partial charge in [0.25, 0.3) is 0 Å². The lowest BCUT2D eigenvalue weighted by atomic mass is 10.1. The van der Waals surface area contributed by atoms with Crippen LogP contribution < -0.4 is 0 Å². The van der Waals surface area contributed by atoms with E-state index in [0.717, 1.165) is 18.7 Å². The molecule has 136 valence electrons. The minimum atomic E-state index is -0.529.